The van der Waals surface area contributed by atoms with Crippen molar-refractivity contribution in [1.29, 1.82) is 0 Å². The maximum atomic E-state index is 13.6. The molecule has 7 heteroatoms. The highest BCUT2D eigenvalue weighted by Crippen LogP contribution is 2.35. The number of benzene rings is 1. The average Bonchev–Trinajstić information content (AvgIpc) is 3.17. The molecule has 0 saturated carbocycles. The molecule has 0 spiro atoms. The van der Waals surface area contributed by atoms with Crippen molar-refractivity contribution in [2.45, 2.75) is 20.0 Å². The number of hydrogen-bond donors (Lipinski definition) is 1. The molecule has 0 saturated heterocycles. The topological polar surface area (TPSA) is 81.3 Å². The number of nitrogen functional groups attached to an aromatic ring is 1. The van der Waals surface area contributed by atoms with Crippen LogP contribution in [0.15, 0.2) is 79.1 Å². The van der Waals surface area contributed by atoms with Crippen LogP contribution in [0.2, 0.25) is 0 Å². The van der Waals surface area contributed by atoms with Crippen LogP contribution in [0.25, 0.3) is 21.5 Å². The minimum atomic E-state index is -0.154. The smallest absolute Gasteiger partial charge is 0.270 e. The van der Waals surface area contributed by atoms with Crippen molar-refractivity contribution in [3.63, 3.8) is 0 Å². The summed E-state index contributed by atoms with van der Waals surface area (Å²) in [6.07, 6.45) is 7.52. The number of ether oxygens (including phenoxy) is 1. The minimum Gasteiger partial charge on any atom is -0.397 e. The highest BCUT2D eigenvalue weighted by molar-refractivity contribution is 7.21. The zero-order valence-corrected chi connectivity index (χ0v) is 19.5. The number of carbonyl (C=O) groups excluding carboxylic acids is 1. The molecule has 0 radical (unpaired) electrons. The Balaban J connectivity index is 1.65. The van der Waals surface area contributed by atoms with Gasteiger partial charge in [0, 0.05) is 35.6 Å². The van der Waals surface area contributed by atoms with Gasteiger partial charge in [0.15, 0.2) is 0 Å². The van der Waals surface area contributed by atoms with Crippen LogP contribution in [0.5, 0.6) is 0 Å². The van der Waals surface area contributed by atoms with Crippen molar-refractivity contribution in [3.05, 3.63) is 84.0 Å². The van der Waals surface area contributed by atoms with Gasteiger partial charge in [0.05, 0.1) is 24.1 Å². The fourth-order valence-electron chi connectivity index (χ4n) is 3.36. The van der Waals surface area contributed by atoms with Gasteiger partial charge in [-0.3, -0.25) is 9.78 Å². The fourth-order valence-corrected chi connectivity index (χ4v) is 4.41. The molecule has 0 aliphatic carbocycles. The van der Waals surface area contributed by atoms with E-state index in [0.717, 1.165) is 27.2 Å². The molecule has 3 heterocycles. The number of hydrogen-bond acceptors (Lipinski definition) is 6. The van der Waals surface area contributed by atoms with E-state index < -0.39 is 0 Å². The Labute approximate surface area is 197 Å². The molecule has 0 fully saturated rings. The first-order valence-electron chi connectivity index (χ1n) is 10.8. The summed E-state index contributed by atoms with van der Waals surface area (Å²) in [6.45, 7) is 4.89. The summed E-state index contributed by atoms with van der Waals surface area (Å²) in [7, 11) is 0. The van der Waals surface area contributed by atoms with Gasteiger partial charge in [-0.15, -0.1) is 11.3 Å². The molecule has 0 unspecified atom stereocenters. The van der Waals surface area contributed by atoms with Crippen LogP contribution in [0, 0.1) is 0 Å². The van der Waals surface area contributed by atoms with Gasteiger partial charge < -0.3 is 15.4 Å². The third-order valence-corrected chi connectivity index (χ3v) is 6.14. The van der Waals surface area contributed by atoms with Crippen molar-refractivity contribution >= 4 is 38.8 Å². The molecule has 168 valence electrons. The summed E-state index contributed by atoms with van der Waals surface area (Å²) in [5.74, 6) is -0.154. The van der Waals surface area contributed by atoms with E-state index in [2.05, 4.69) is 4.98 Å². The Morgan fingerprint density at radius 1 is 1.12 bits per heavy atom. The summed E-state index contributed by atoms with van der Waals surface area (Å²) in [5.41, 5.74) is 9.40. The molecular weight excluding hydrogens is 432 g/mol. The van der Waals surface area contributed by atoms with Gasteiger partial charge in [-0.2, -0.15) is 0 Å². The maximum absolute atomic E-state index is 13.6. The van der Waals surface area contributed by atoms with Crippen molar-refractivity contribution < 1.29 is 9.53 Å². The molecule has 3 aromatic heterocycles. The van der Waals surface area contributed by atoms with E-state index in [-0.39, 0.29) is 12.0 Å². The van der Waals surface area contributed by atoms with Crippen molar-refractivity contribution in [3.8, 4) is 11.3 Å². The molecule has 1 amide bonds. The lowest BCUT2D eigenvalue weighted by molar-refractivity contribution is 0.0990. The molecule has 0 aliphatic heterocycles. The summed E-state index contributed by atoms with van der Waals surface area (Å²) < 4.78 is 5.56. The Morgan fingerprint density at radius 3 is 2.67 bits per heavy atom. The predicted molar refractivity (Wildman–Crippen MR) is 136 cm³/mol. The van der Waals surface area contributed by atoms with Crippen LogP contribution >= 0.6 is 11.3 Å². The Morgan fingerprint density at radius 2 is 1.94 bits per heavy atom. The molecule has 4 rings (SSSR count). The van der Waals surface area contributed by atoms with E-state index in [9.17, 15) is 4.79 Å². The van der Waals surface area contributed by atoms with E-state index in [1.165, 1.54) is 11.3 Å². The second-order valence-electron chi connectivity index (χ2n) is 7.74. The summed E-state index contributed by atoms with van der Waals surface area (Å²) in [4.78, 5) is 25.4. The first-order chi connectivity index (χ1) is 16.0. The van der Waals surface area contributed by atoms with Crippen LogP contribution in [0.3, 0.4) is 0 Å². The summed E-state index contributed by atoms with van der Waals surface area (Å²) >= 11 is 1.31. The van der Waals surface area contributed by atoms with Crippen molar-refractivity contribution in [2.75, 3.05) is 23.8 Å². The quantitative estimate of drug-likeness (QED) is 0.349. The van der Waals surface area contributed by atoms with Gasteiger partial charge in [-0.05, 0) is 50.2 Å². The number of nitrogens with zero attached hydrogens (tertiary/aromatic N) is 3. The average molecular weight is 459 g/mol. The first-order valence-corrected chi connectivity index (χ1v) is 11.6. The van der Waals surface area contributed by atoms with Gasteiger partial charge in [0.25, 0.3) is 5.91 Å². The number of thiophene rings is 1. The highest BCUT2D eigenvalue weighted by Gasteiger charge is 2.23. The van der Waals surface area contributed by atoms with Crippen LogP contribution in [0.1, 0.15) is 23.5 Å². The molecule has 0 atom stereocenters. The number of amides is 1. The van der Waals surface area contributed by atoms with Gasteiger partial charge in [-0.25, -0.2) is 4.98 Å². The lowest BCUT2D eigenvalue weighted by Gasteiger charge is -2.21. The molecule has 2 N–H and O–H groups in total. The Hall–Kier alpha value is -3.55. The van der Waals surface area contributed by atoms with Crippen LogP contribution < -0.4 is 10.6 Å². The van der Waals surface area contributed by atoms with Crippen molar-refractivity contribution in [2.24, 2.45) is 0 Å². The monoisotopic (exact) mass is 458 g/mol. The zero-order valence-electron chi connectivity index (χ0n) is 18.6. The predicted octanol–water partition coefficient (Wildman–Crippen LogP) is 5.57. The zero-order chi connectivity index (χ0) is 23.2. The Bertz CT molecular complexity index is 1250. The number of aromatic nitrogens is 2. The van der Waals surface area contributed by atoms with E-state index in [4.69, 9.17) is 15.5 Å². The molecule has 0 bridgehead atoms. The molecular formula is C26H26N4O2S. The van der Waals surface area contributed by atoms with E-state index in [0.29, 0.717) is 23.7 Å². The van der Waals surface area contributed by atoms with Gasteiger partial charge >= 0.3 is 0 Å². The molecule has 0 aliphatic rings. The number of fused-ring (bicyclic) bond motifs is 1. The van der Waals surface area contributed by atoms with E-state index >= 15 is 0 Å². The number of carbonyl (C=O) groups is 1. The summed E-state index contributed by atoms with van der Waals surface area (Å²) in [5, 5.41) is 0.782. The first kappa shape index (κ1) is 22.6. The maximum Gasteiger partial charge on any atom is 0.270 e. The van der Waals surface area contributed by atoms with E-state index in [1.54, 1.807) is 17.3 Å². The van der Waals surface area contributed by atoms with Gasteiger partial charge in [-0.1, -0.05) is 30.4 Å². The largest absolute Gasteiger partial charge is 0.397 e. The van der Waals surface area contributed by atoms with Gasteiger partial charge in [0.2, 0.25) is 0 Å². The molecule has 1 aromatic carbocycles. The standard InChI is InChI=1S/C26H26N4O2S/c1-18(2)32-16-7-6-15-30(20-10-4-3-5-11-20)26(31)24-23(27)21-12-13-22(29-25(21)33-24)19-9-8-14-28-17-19/h3-14,17-18H,15-16,27H2,1-2H3/b7-6-. The Kier molecular flexibility index (Phi) is 7.12. The normalized spacial score (nSPS) is 11.5. The lowest BCUT2D eigenvalue weighted by Crippen LogP contribution is -2.31. The molecule has 4 aromatic rings. The van der Waals surface area contributed by atoms with Gasteiger partial charge in [0.1, 0.15) is 9.71 Å². The SMILES string of the molecule is CC(C)OC/C=C\CN(C(=O)c1sc2nc(-c3cccnc3)ccc2c1N)c1ccccc1. The van der Waals surface area contributed by atoms with Crippen molar-refractivity contribution in [1.82, 2.24) is 9.97 Å². The third kappa shape index (κ3) is 5.27. The molecule has 33 heavy (non-hydrogen) atoms. The fraction of sp³-hybridized carbons (Fsp3) is 0.192. The number of pyridine rings is 2. The highest BCUT2D eigenvalue weighted by atomic mass is 32.1. The number of anilines is 2. The lowest BCUT2D eigenvalue weighted by atomic mass is 10.1. The van der Waals surface area contributed by atoms with Crippen LogP contribution in [-0.4, -0.2) is 35.1 Å². The number of nitrogens with two attached hydrogens (primary N) is 1. The third-order valence-electron chi connectivity index (χ3n) is 5.04. The van der Waals surface area contributed by atoms with E-state index in [1.807, 2.05) is 80.6 Å². The van der Waals surface area contributed by atoms with Crippen LogP contribution in [0.4, 0.5) is 11.4 Å². The molecule has 6 nitrogen and oxygen atoms in total. The van der Waals surface area contributed by atoms with Crippen LogP contribution in [-0.2, 0) is 4.74 Å². The number of para-hydroxylation sites is 1. The second kappa shape index (κ2) is 10.4. The number of rotatable bonds is 8. The summed E-state index contributed by atoms with van der Waals surface area (Å²) in [6, 6.07) is 17.2. The minimum absolute atomic E-state index is 0.154. The second-order valence-corrected chi connectivity index (χ2v) is 8.74.